The van der Waals surface area contributed by atoms with Crippen LogP contribution in [0.2, 0.25) is 5.02 Å². The topological polar surface area (TPSA) is 79.5 Å². The highest BCUT2D eigenvalue weighted by molar-refractivity contribution is 6.30. The molecular weight excluding hydrogens is 402 g/mol. The summed E-state index contributed by atoms with van der Waals surface area (Å²) in [6.45, 7) is 3.35. The van der Waals surface area contributed by atoms with E-state index >= 15 is 0 Å². The number of ether oxygens (including phenoxy) is 1. The minimum absolute atomic E-state index is 0.330. The van der Waals surface area contributed by atoms with Crippen molar-refractivity contribution in [2.45, 2.75) is 19.4 Å². The largest absolute Gasteiger partial charge is 0.478 e. The van der Waals surface area contributed by atoms with Gasteiger partial charge in [0.1, 0.15) is 5.75 Å². The predicted octanol–water partition coefficient (Wildman–Crippen LogP) is 5.78. The van der Waals surface area contributed by atoms with Crippen molar-refractivity contribution in [2.75, 3.05) is 16.0 Å². The van der Waals surface area contributed by atoms with Gasteiger partial charge in [-0.25, -0.2) is 4.79 Å². The van der Waals surface area contributed by atoms with E-state index in [1.807, 2.05) is 18.2 Å². The van der Waals surface area contributed by atoms with E-state index < -0.39 is 5.60 Å². The highest BCUT2D eigenvalue weighted by atomic mass is 35.5. The van der Waals surface area contributed by atoms with Crippen LogP contribution in [0, 0.1) is 0 Å². The fourth-order valence-electron chi connectivity index (χ4n) is 2.61. The fraction of sp³-hybridized carbons (Fsp3) is 0.130. The molecule has 0 radical (unpaired) electrons. The fourth-order valence-corrected chi connectivity index (χ4v) is 2.74. The molecule has 3 rings (SSSR count). The van der Waals surface area contributed by atoms with E-state index in [-0.39, 0.29) is 11.9 Å². The van der Waals surface area contributed by atoms with Gasteiger partial charge in [0, 0.05) is 22.1 Å². The molecule has 0 aliphatic rings. The van der Waals surface area contributed by atoms with E-state index in [9.17, 15) is 9.59 Å². The van der Waals surface area contributed by atoms with Crippen LogP contribution in [0.25, 0.3) is 0 Å². The molecule has 7 heteroatoms. The molecular formula is C23H22ClN3O3. The van der Waals surface area contributed by atoms with Crippen molar-refractivity contribution >= 4 is 40.6 Å². The Labute approximate surface area is 180 Å². The van der Waals surface area contributed by atoms with E-state index in [1.54, 1.807) is 74.5 Å². The number of hydrogen-bond donors (Lipinski definition) is 3. The van der Waals surface area contributed by atoms with Crippen LogP contribution in [0.5, 0.6) is 5.75 Å². The molecule has 6 nitrogen and oxygen atoms in total. The summed E-state index contributed by atoms with van der Waals surface area (Å²) >= 11 is 5.88. The Bertz CT molecular complexity index is 1020. The van der Waals surface area contributed by atoms with Crippen molar-refractivity contribution in [3.63, 3.8) is 0 Å². The quantitative estimate of drug-likeness (QED) is 0.470. The summed E-state index contributed by atoms with van der Waals surface area (Å²) in [4.78, 5) is 24.9. The number of carbonyl (C=O) groups excluding carboxylic acids is 2. The molecule has 0 saturated heterocycles. The van der Waals surface area contributed by atoms with E-state index in [4.69, 9.17) is 16.3 Å². The average molecular weight is 424 g/mol. The summed E-state index contributed by atoms with van der Waals surface area (Å²) in [6, 6.07) is 22.4. The molecule has 0 bridgehead atoms. The van der Waals surface area contributed by atoms with Crippen LogP contribution < -0.4 is 20.7 Å². The molecule has 154 valence electrons. The number of amides is 3. The van der Waals surface area contributed by atoms with Gasteiger partial charge in [-0.15, -0.1) is 0 Å². The van der Waals surface area contributed by atoms with Crippen LogP contribution >= 0.6 is 11.6 Å². The van der Waals surface area contributed by atoms with E-state index in [0.29, 0.717) is 27.8 Å². The van der Waals surface area contributed by atoms with Crippen molar-refractivity contribution in [1.29, 1.82) is 0 Å². The Morgan fingerprint density at radius 1 is 0.767 bits per heavy atom. The molecule has 0 spiro atoms. The third-order valence-electron chi connectivity index (χ3n) is 4.14. The van der Waals surface area contributed by atoms with Gasteiger partial charge in [-0.2, -0.15) is 0 Å². The summed E-state index contributed by atoms with van der Waals surface area (Å²) in [7, 11) is 0. The van der Waals surface area contributed by atoms with Gasteiger partial charge >= 0.3 is 6.03 Å². The number of carbonyl (C=O) groups is 2. The maximum absolute atomic E-state index is 12.7. The Kier molecular flexibility index (Phi) is 6.59. The SMILES string of the molecule is CC(C)(Oc1ccc(Cl)cc1)C(=O)Nc1cccc(NC(=O)Nc2ccccc2)c1. The van der Waals surface area contributed by atoms with Gasteiger partial charge in [-0.05, 0) is 68.4 Å². The Morgan fingerprint density at radius 3 is 2.00 bits per heavy atom. The molecule has 0 aliphatic carbocycles. The number of urea groups is 1. The molecule has 30 heavy (non-hydrogen) atoms. The van der Waals surface area contributed by atoms with Gasteiger partial charge in [0.05, 0.1) is 0 Å². The summed E-state index contributed by atoms with van der Waals surface area (Å²) in [5.41, 5.74) is 0.630. The van der Waals surface area contributed by atoms with E-state index in [2.05, 4.69) is 16.0 Å². The number of nitrogens with one attached hydrogen (secondary N) is 3. The summed E-state index contributed by atoms with van der Waals surface area (Å²) in [5, 5.41) is 8.89. The zero-order chi connectivity index (χ0) is 21.6. The first-order valence-electron chi connectivity index (χ1n) is 9.31. The number of para-hydroxylation sites is 1. The zero-order valence-electron chi connectivity index (χ0n) is 16.6. The second-order valence-corrected chi connectivity index (χ2v) is 7.48. The standard InChI is InChI=1S/C23H22ClN3O3/c1-23(2,30-20-13-11-16(24)12-14-20)21(28)25-18-9-6-10-19(15-18)27-22(29)26-17-7-4-3-5-8-17/h3-15H,1-2H3,(H,25,28)(H2,26,27,29). The number of rotatable bonds is 6. The third-order valence-corrected chi connectivity index (χ3v) is 4.40. The molecule has 3 amide bonds. The molecule has 0 aromatic heterocycles. The average Bonchev–Trinajstić information content (AvgIpc) is 2.70. The first-order chi connectivity index (χ1) is 14.3. The lowest BCUT2D eigenvalue weighted by atomic mass is 10.1. The lowest BCUT2D eigenvalue weighted by Gasteiger charge is -2.25. The van der Waals surface area contributed by atoms with Crippen LogP contribution in [0.3, 0.4) is 0 Å². The second-order valence-electron chi connectivity index (χ2n) is 7.05. The first kappa shape index (κ1) is 21.2. The van der Waals surface area contributed by atoms with Crippen molar-refractivity contribution in [1.82, 2.24) is 0 Å². The third kappa shape index (κ3) is 5.99. The lowest BCUT2D eigenvalue weighted by molar-refractivity contribution is -0.128. The summed E-state index contributed by atoms with van der Waals surface area (Å²) < 4.78 is 5.80. The van der Waals surface area contributed by atoms with Gasteiger partial charge in [0.2, 0.25) is 0 Å². The van der Waals surface area contributed by atoms with Gasteiger partial charge in [0.15, 0.2) is 5.60 Å². The molecule has 3 aromatic rings. The minimum Gasteiger partial charge on any atom is -0.478 e. The van der Waals surface area contributed by atoms with Gasteiger partial charge in [-0.1, -0.05) is 35.9 Å². The predicted molar refractivity (Wildman–Crippen MR) is 120 cm³/mol. The summed E-state index contributed by atoms with van der Waals surface area (Å²) in [6.07, 6.45) is 0. The monoisotopic (exact) mass is 423 g/mol. The maximum Gasteiger partial charge on any atom is 0.323 e. The Hall–Kier alpha value is -3.51. The van der Waals surface area contributed by atoms with E-state index in [0.717, 1.165) is 0 Å². The van der Waals surface area contributed by atoms with Crippen LogP contribution in [0.15, 0.2) is 78.9 Å². The Balaban J connectivity index is 1.61. The highest BCUT2D eigenvalue weighted by Gasteiger charge is 2.30. The molecule has 0 aliphatic heterocycles. The van der Waals surface area contributed by atoms with Gasteiger partial charge in [-0.3, -0.25) is 4.79 Å². The lowest BCUT2D eigenvalue weighted by Crippen LogP contribution is -2.42. The Morgan fingerprint density at radius 2 is 1.33 bits per heavy atom. The molecule has 0 fully saturated rings. The molecule has 0 atom stereocenters. The number of benzene rings is 3. The molecule has 3 aromatic carbocycles. The first-order valence-corrected chi connectivity index (χ1v) is 9.69. The second kappa shape index (κ2) is 9.33. The highest BCUT2D eigenvalue weighted by Crippen LogP contribution is 2.23. The van der Waals surface area contributed by atoms with Crippen LogP contribution in [0.1, 0.15) is 13.8 Å². The normalized spacial score (nSPS) is 10.8. The molecule has 0 heterocycles. The van der Waals surface area contributed by atoms with Crippen molar-refractivity contribution in [3.8, 4) is 5.75 Å². The van der Waals surface area contributed by atoms with Crippen molar-refractivity contribution in [3.05, 3.63) is 83.9 Å². The zero-order valence-corrected chi connectivity index (χ0v) is 17.4. The molecule has 0 saturated carbocycles. The van der Waals surface area contributed by atoms with Crippen LogP contribution in [-0.2, 0) is 4.79 Å². The van der Waals surface area contributed by atoms with Crippen LogP contribution in [0.4, 0.5) is 21.9 Å². The number of anilines is 3. The van der Waals surface area contributed by atoms with Crippen molar-refractivity contribution < 1.29 is 14.3 Å². The minimum atomic E-state index is -1.12. The molecule has 3 N–H and O–H groups in total. The van der Waals surface area contributed by atoms with Crippen molar-refractivity contribution in [2.24, 2.45) is 0 Å². The number of halogens is 1. The molecule has 0 unspecified atom stereocenters. The number of hydrogen-bond acceptors (Lipinski definition) is 3. The maximum atomic E-state index is 12.7. The summed E-state index contributed by atoms with van der Waals surface area (Å²) in [5.74, 6) is 0.205. The van der Waals surface area contributed by atoms with Crippen LogP contribution in [-0.4, -0.2) is 17.5 Å². The smallest absolute Gasteiger partial charge is 0.323 e. The van der Waals surface area contributed by atoms with Gasteiger partial charge in [0.25, 0.3) is 5.91 Å². The van der Waals surface area contributed by atoms with Gasteiger partial charge < -0.3 is 20.7 Å². The van der Waals surface area contributed by atoms with E-state index in [1.165, 1.54) is 0 Å².